The summed E-state index contributed by atoms with van der Waals surface area (Å²) < 4.78 is 0. The number of nitrogens with zero attached hydrogens (tertiary/aromatic N) is 3. The molecule has 5 heteroatoms. The van der Waals surface area contributed by atoms with E-state index in [1.54, 1.807) is 17.0 Å². The number of amides is 1. The minimum absolute atomic E-state index is 0.118. The van der Waals surface area contributed by atoms with Crippen LogP contribution in [0.2, 0.25) is 0 Å². The van der Waals surface area contributed by atoms with Gasteiger partial charge in [0.2, 0.25) is 0 Å². The molecule has 0 radical (unpaired) electrons. The molecule has 1 atom stereocenters. The van der Waals surface area contributed by atoms with Crippen LogP contribution in [0.5, 0.6) is 0 Å². The fraction of sp³-hybridized carbons (Fsp3) is 0.316. The maximum atomic E-state index is 12.5. The van der Waals surface area contributed by atoms with Crippen molar-refractivity contribution in [2.75, 3.05) is 13.1 Å². The van der Waals surface area contributed by atoms with Crippen LogP contribution in [0.1, 0.15) is 40.6 Å². The van der Waals surface area contributed by atoms with E-state index in [1.807, 2.05) is 36.4 Å². The molecule has 1 aliphatic rings. The van der Waals surface area contributed by atoms with E-state index in [0.717, 1.165) is 18.4 Å². The zero-order valence-corrected chi connectivity index (χ0v) is 13.3. The number of aromatic nitrogens is 1. The van der Waals surface area contributed by atoms with Crippen LogP contribution in [0, 0.1) is 17.2 Å². The minimum Gasteiger partial charge on any atom is -0.388 e. The van der Waals surface area contributed by atoms with Gasteiger partial charge in [-0.05, 0) is 36.5 Å². The third-order valence-electron chi connectivity index (χ3n) is 4.53. The Balaban J connectivity index is 1.60. The number of rotatable bonds is 3. The van der Waals surface area contributed by atoms with Gasteiger partial charge in [0.1, 0.15) is 11.8 Å². The molecule has 5 nitrogen and oxygen atoms in total. The summed E-state index contributed by atoms with van der Waals surface area (Å²) in [4.78, 5) is 18.3. The molecule has 1 aliphatic heterocycles. The summed E-state index contributed by atoms with van der Waals surface area (Å²) in [5.41, 5.74) is 1.73. The highest BCUT2D eigenvalue weighted by Crippen LogP contribution is 2.30. The lowest BCUT2D eigenvalue weighted by molar-refractivity contribution is 0.0458. The van der Waals surface area contributed by atoms with Gasteiger partial charge in [0.15, 0.2) is 0 Å². The van der Waals surface area contributed by atoms with Gasteiger partial charge in [-0.2, -0.15) is 5.26 Å². The zero-order chi connectivity index (χ0) is 16.9. The number of aliphatic hydroxyl groups excluding tert-OH is 1. The summed E-state index contributed by atoms with van der Waals surface area (Å²) in [5.74, 6) is 0.0394. The Morgan fingerprint density at radius 2 is 1.92 bits per heavy atom. The number of carbonyl (C=O) groups excluding carboxylic acids is 1. The Kier molecular flexibility index (Phi) is 4.88. The summed E-state index contributed by atoms with van der Waals surface area (Å²) in [5, 5.41) is 19.3. The molecule has 0 bridgehead atoms. The molecule has 0 spiro atoms. The van der Waals surface area contributed by atoms with E-state index in [0.29, 0.717) is 24.3 Å². The van der Waals surface area contributed by atoms with E-state index < -0.39 is 6.10 Å². The van der Waals surface area contributed by atoms with Gasteiger partial charge in [-0.25, -0.2) is 4.98 Å². The minimum atomic E-state index is -0.489. The predicted molar refractivity (Wildman–Crippen MR) is 89.0 cm³/mol. The van der Waals surface area contributed by atoms with Crippen molar-refractivity contribution in [1.82, 2.24) is 9.88 Å². The maximum Gasteiger partial charge on any atom is 0.272 e. The predicted octanol–water partition coefficient (Wildman–Crippen LogP) is 2.54. The molecular weight excluding hydrogens is 302 g/mol. The van der Waals surface area contributed by atoms with Crippen LogP contribution in [0.3, 0.4) is 0 Å². The first kappa shape index (κ1) is 16.2. The van der Waals surface area contributed by atoms with Gasteiger partial charge in [-0.3, -0.25) is 4.79 Å². The summed E-state index contributed by atoms with van der Waals surface area (Å²) in [6, 6.07) is 14.8. The van der Waals surface area contributed by atoms with Crippen LogP contribution in [-0.4, -0.2) is 34.0 Å². The summed E-state index contributed by atoms with van der Waals surface area (Å²) in [6.07, 6.45) is 2.45. The SMILES string of the molecule is N#Cc1ccc(C(=O)N2CCC(C(O)c3ccccc3)CC2)nc1. The van der Waals surface area contributed by atoms with E-state index in [2.05, 4.69) is 4.98 Å². The van der Waals surface area contributed by atoms with Gasteiger partial charge in [0.25, 0.3) is 5.91 Å². The molecular formula is C19H19N3O2. The summed E-state index contributed by atoms with van der Waals surface area (Å²) in [7, 11) is 0. The Morgan fingerprint density at radius 1 is 1.21 bits per heavy atom. The third kappa shape index (κ3) is 3.44. The molecule has 1 aromatic heterocycles. The van der Waals surface area contributed by atoms with Crippen LogP contribution >= 0.6 is 0 Å². The number of carbonyl (C=O) groups is 1. The van der Waals surface area contributed by atoms with E-state index >= 15 is 0 Å². The number of likely N-dealkylation sites (tertiary alicyclic amines) is 1. The third-order valence-corrected chi connectivity index (χ3v) is 4.53. The Bertz CT molecular complexity index is 729. The first-order chi connectivity index (χ1) is 11.7. The van der Waals surface area contributed by atoms with Crippen molar-refractivity contribution in [3.05, 3.63) is 65.5 Å². The highest BCUT2D eigenvalue weighted by Gasteiger charge is 2.29. The molecule has 2 aromatic rings. The molecule has 1 saturated heterocycles. The van der Waals surface area contributed by atoms with Crippen LogP contribution in [0.4, 0.5) is 0 Å². The van der Waals surface area contributed by atoms with Gasteiger partial charge in [-0.15, -0.1) is 0 Å². The average molecular weight is 321 g/mol. The van der Waals surface area contributed by atoms with Gasteiger partial charge >= 0.3 is 0 Å². The number of piperidine rings is 1. The quantitative estimate of drug-likeness (QED) is 0.942. The second-order valence-corrected chi connectivity index (χ2v) is 6.03. The number of benzene rings is 1. The largest absolute Gasteiger partial charge is 0.388 e. The van der Waals surface area contributed by atoms with E-state index in [-0.39, 0.29) is 11.8 Å². The van der Waals surface area contributed by atoms with Gasteiger partial charge in [-0.1, -0.05) is 30.3 Å². The molecule has 0 saturated carbocycles. The second-order valence-electron chi connectivity index (χ2n) is 6.03. The first-order valence-corrected chi connectivity index (χ1v) is 8.07. The molecule has 3 rings (SSSR count). The number of hydrogen-bond donors (Lipinski definition) is 1. The van der Waals surface area contributed by atoms with Gasteiger partial charge < -0.3 is 10.0 Å². The normalized spacial score (nSPS) is 16.4. The topological polar surface area (TPSA) is 77.2 Å². The summed E-state index contributed by atoms with van der Waals surface area (Å²) >= 11 is 0. The fourth-order valence-electron chi connectivity index (χ4n) is 3.09. The molecule has 1 aromatic carbocycles. The van der Waals surface area contributed by atoms with Crippen molar-refractivity contribution in [2.24, 2.45) is 5.92 Å². The Morgan fingerprint density at radius 3 is 2.50 bits per heavy atom. The highest BCUT2D eigenvalue weighted by molar-refractivity contribution is 5.92. The van der Waals surface area contributed by atoms with Crippen molar-refractivity contribution in [2.45, 2.75) is 18.9 Å². The monoisotopic (exact) mass is 321 g/mol. The molecule has 1 unspecified atom stereocenters. The molecule has 122 valence electrons. The van der Waals surface area contributed by atoms with E-state index in [4.69, 9.17) is 5.26 Å². The standard InChI is InChI=1S/C19H19N3O2/c20-12-14-6-7-17(21-13-14)19(24)22-10-8-16(9-11-22)18(23)15-4-2-1-3-5-15/h1-7,13,16,18,23H,8-11H2. The number of pyridine rings is 1. The van der Waals surface area contributed by atoms with E-state index in [9.17, 15) is 9.90 Å². The zero-order valence-electron chi connectivity index (χ0n) is 13.3. The molecule has 1 N–H and O–H groups in total. The number of aliphatic hydroxyl groups is 1. The second kappa shape index (κ2) is 7.24. The average Bonchev–Trinajstić information content (AvgIpc) is 2.68. The van der Waals surface area contributed by atoms with Crippen LogP contribution < -0.4 is 0 Å². The van der Waals surface area contributed by atoms with E-state index in [1.165, 1.54) is 6.20 Å². The molecule has 24 heavy (non-hydrogen) atoms. The van der Waals surface area contributed by atoms with Crippen LogP contribution in [0.25, 0.3) is 0 Å². The van der Waals surface area contributed by atoms with Gasteiger partial charge in [0, 0.05) is 19.3 Å². The number of hydrogen-bond acceptors (Lipinski definition) is 4. The lowest BCUT2D eigenvalue weighted by atomic mass is 9.87. The highest BCUT2D eigenvalue weighted by atomic mass is 16.3. The fourth-order valence-corrected chi connectivity index (χ4v) is 3.09. The van der Waals surface area contributed by atoms with Crippen molar-refractivity contribution in [1.29, 1.82) is 5.26 Å². The molecule has 1 amide bonds. The van der Waals surface area contributed by atoms with Crippen molar-refractivity contribution >= 4 is 5.91 Å². The first-order valence-electron chi connectivity index (χ1n) is 8.07. The summed E-state index contributed by atoms with van der Waals surface area (Å²) in [6.45, 7) is 1.21. The van der Waals surface area contributed by atoms with Crippen molar-refractivity contribution in [3.8, 4) is 6.07 Å². The molecule has 1 fully saturated rings. The Labute approximate surface area is 141 Å². The maximum absolute atomic E-state index is 12.5. The smallest absolute Gasteiger partial charge is 0.272 e. The van der Waals surface area contributed by atoms with Crippen LogP contribution in [-0.2, 0) is 0 Å². The Hall–Kier alpha value is -2.71. The van der Waals surface area contributed by atoms with Crippen molar-refractivity contribution < 1.29 is 9.90 Å². The van der Waals surface area contributed by atoms with Gasteiger partial charge in [0.05, 0.1) is 11.7 Å². The molecule has 0 aliphatic carbocycles. The lowest BCUT2D eigenvalue weighted by Gasteiger charge is -2.34. The van der Waals surface area contributed by atoms with Crippen molar-refractivity contribution in [3.63, 3.8) is 0 Å². The molecule has 2 heterocycles. The number of nitriles is 1. The van der Waals surface area contributed by atoms with Crippen LogP contribution in [0.15, 0.2) is 48.7 Å². The lowest BCUT2D eigenvalue weighted by Crippen LogP contribution is -2.40.